The van der Waals surface area contributed by atoms with Crippen molar-refractivity contribution in [1.29, 1.82) is 0 Å². The van der Waals surface area contributed by atoms with Crippen molar-refractivity contribution in [2.24, 2.45) is 5.92 Å². The number of hydrogen-bond acceptors (Lipinski definition) is 2. The van der Waals surface area contributed by atoms with Crippen LogP contribution in [0.25, 0.3) is 0 Å². The standard InChI is InChI=1S/C18H22BrN3O/c1-12-17(19)13(2)22(20-12)11-15-6-8-16(9-7-15)18(23)21(3)10-14-4-5-14/h6-9,14H,4-5,10-11H2,1-3H3. The normalized spacial score (nSPS) is 14.1. The molecule has 0 bridgehead atoms. The van der Waals surface area contributed by atoms with Crippen LogP contribution >= 0.6 is 15.9 Å². The van der Waals surface area contributed by atoms with Gasteiger partial charge in [0.05, 0.1) is 22.4 Å². The first-order valence-electron chi connectivity index (χ1n) is 7.99. The first kappa shape index (κ1) is 16.2. The second-order valence-electron chi connectivity index (χ2n) is 6.47. The van der Waals surface area contributed by atoms with E-state index in [1.165, 1.54) is 12.8 Å². The van der Waals surface area contributed by atoms with E-state index < -0.39 is 0 Å². The van der Waals surface area contributed by atoms with Crippen molar-refractivity contribution in [3.8, 4) is 0 Å². The molecule has 5 heteroatoms. The molecule has 1 aromatic carbocycles. The molecule has 1 aliphatic rings. The van der Waals surface area contributed by atoms with E-state index in [1.807, 2.05) is 47.8 Å². The lowest BCUT2D eigenvalue weighted by Gasteiger charge is -2.17. The number of nitrogens with zero attached hydrogens (tertiary/aromatic N) is 3. The third kappa shape index (κ3) is 3.66. The predicted octanol–water partition coefficient (Wildman–Crippen LogP) is 3.79. The van der Waals surface area contributed by atoms with E-state index in [4.69, 9.17) is 0 Å². The Hall–Kier alpha value is -1.62. The van der Waals surface area contributed by atoms with Crippen molar-refractivity contribution in [3.63, 3.8) is 0 Å². The smallest absolute Gasteiger partial charge is 0.253 e. The van der Waals surface area contributed by atoms with Crippen LogP contribution < -0.4 is 0 Å². The van der Waals surface area contributed by atoms with Gasteiger partial charge in [-0.05, 0) is 66.2 Å². The molecule has 1 aromatic heterocycles. The third-order valence-electron chi connectivity index (χ3n) is 4.40. The summed E-state index contributed by atoms with van der Waals surface area (Å²) < 4.78 is 3.04. The van der Waals surface area contributed by atoms with Crippen LogP contribution in [0.5, 0.6) is 0 Å². The monoisotopic (exact) mass is 375 g/mol. The maximum absolute atomic E-state index is 12.4. The summed E-state index contributed by atoms with van der Waals surface area (Å²) in [6, 6.07) is 7.87. The van der Waals surface area contributed by atoms with Gasteiger partial charge in [0, 0.05) is 19.2 Å². The van der Waals surface area contributed by atoms with E-state index in [9.17, 15) is 4.79 Å². The highest BCUT2D eigenvalue weighted by Crippen LogP contribution is 2.29. The SMILES string of the molecule is Cc1nn(Cc2ccc(C(=O)N(C)CC3CC3)cc2)c(C)c1Br. The quantitative estimate of drug-likeness (QED) is 0.796. The van der Waals surface area contributed by atoms with Gasteiger partial charge in [-0.25, -0.2) is 0 Å². The molecular weight excluding hydrogens is 354 g/mol. The Kier molecular flexibility index (Phi) is 4.57. The average Bonchev–Trinajstić information content (AvgIpc) is 3.32. The van der Waals surface area contributed by atoms with Crippen molar-refractivity contribution < 1.29 is 4.79 Å². The molecule has 0 saturated heterocycles. The Labute approximate surface area is 145 Å². The van der Waals surface area contributed by atoms with Gasteiger partial charge in [-0.3, -0.25) is 9.48 Å². The van der Waals surface area contributed by atoms with E-state index in [0.29, 0.717) is 12.5 Å². The van der Waals surface area contributed by atoms with Gasteiger partial charge in [-0.2, -0.15) is 5.10 Å². The molecule has 1 heterocycles. The number of rotatable bonds is 5. The first-order valence-corrected chi connectivity index (χ1v) is 8.79. The molecule has 3 rings (SSSR count). The van der Waals surface area contributed by atoms with E-state index in [1.54, 1.807) is 0 Å². The van der Waals surface area contributed by atoms with E-state index in [2.05, 4.69) is 28.0 Å². The predicted molar refractivity (Wildman–Crippen MR) is 94.6 cm³/mol. The fraction of sp³-hybridized carbons (Fsp3) is 0.444. The van der Waals surface area contributed by atoms with E-state index in [0.717, 1.165) is 33.5 Å². The number of carbonyl (C=O) groups excluding carboxylic acids is 1. The molecule has 1 saturated carbocycles. The van der Waals surface area contributed by atoms with Crippen LogP contribution in [-0.4, -0.2) is 34.2 Å². The summed E-state index contributed by atoms with van der Waals surface area (Å²) >= 11 is 3.55. The number of hydrogen-bond donors (Lipinski definition) is 0. The Bertz CT molecular complexity index is 717. The largest absolute Gasteiger partial charge is 0.341 e. The topological polar surface area (TPSA) is 38.1 Å². The van der Waals surface area contributed by atoms with Gasteiger partial charge in [-0.15, -0.1) is 0 Å². The van der Waals surface area contributed by atoms with Gasteiger partial charge in [0.25, 0.3) is 5.91 Å². The lowest BCUT2D eigenvalue weighted by Crippen LogP contribution is -2.28. The molecule has 0 aliphatic heterocycles. The fourth-order valence-corrected chi connectivity index (χ4v) is 3.03. The lowest BCUT2D eigenvalue weighted by atomic mass is 10.1. The second-order valence-corrected chi connectivity index (χ2v) is 7.26. The van der Waals surface area contributed by atoms with Crippen LogP contribution in [0, 0.1) is 19.8 Å². The zero-order chi connectivity index (χ0) is 16.6. The summed E-state index contributed by atoms with van der Waals surface area (Å²) in [6.07, 6.45) is 2.52. The highest BCUT2D eigenvalue weighted by molar-refractivity contribution is 9.10. The number of benzene rings is 1. The molecule has 0 N–H and O–H groups in total. The van der Waals surface area contributed by atoms with Gasteiger partial charge >= 0.3 is 0 Å². The highest BCUT2D eigenvalue weighted by atomic mass is 79.9. The minimum Gasteiger partial charge on any atom is -0.341 e. The molecule has 122 valence electrons. The molecule has 1 fully saturated rings. The Morgan fingerprint density at radius 2 is 1.96 bits per heavy atom. The minimum atomic E-state index is 0.109. The number of aryl methyl sites for hydroxylation is 1. The molecule has 2 aromatic rings. The van der Waals surface area contributed by atoms with Crippen molar-refractivity contribution >= 4 is 21.8 Å². The van der Waals surface area contributed by atoms with Crippen molar-refractivity contribution in [3.05, 3.63) is 51.3 Å². The molecule has 0 spiro atoms. The molecule has 4 nitrogen and oxygen atoms in total. The molecule has 0 atom stereocenters. The fourth-order valence-electron chi connectivity index (χ4n) is 2.75. The van der Waals surface area contributed by atoms with Gasteiger partial charge in [-0.1, -0.05) is 12.1 Å². The van der Waals surface area contributed by atoms with Crippen molar-refractivity contribution in [1.82, 2.24) is 14.7 Å². The summed E-state index contributed by atoms with van der Waals surface area (Å²) in [5.41, 5.74) is 4.01. The highest BCUT2D eigenvalue weighted by Gasteiger charge is 2.25. The molecule has 1 aliphatic carbocycles. The Balaban J connectivity index is 1.68. The van der Waals surface area contributed by atoms with Crippen LogP contribution in [0.1, 0.15) is 40.2 Å². The van der Waals surface area contributed by atoms with Gasteiger partial charge in [0.15, 0.2) is 0 Å². The van der Waals surface area contributed by atoms with Crippen LogP contribution in [-0.2, 0) is 6.54 Å². The van der Waals surface area contributed by atoms with Crippen LogP contribution in [0.4, 0.5) is 0 Å². The third-order valence-corrected chi connectivity index (χ3v) is 5.55. The first-order chi connectivity index (χ1) is 11.0. The molecule has 0 radical (unpaired) electrons. The van der Waals surface area contributed by atoms with Crippen LogP contribution in [0.2, 0.25) is 0 Å². The minimum absolute atomic E-state index is 0.109. The summed E-state index contributed by atoms with van der Waals surface area (Å²) in [6.45, 7) is 5.63. The van der Waals surface area contributed by atoms with Crippen LogP contribution in [0.15, 0.2) is 28.7 Å². The summed E-state index contributed by atoms with van der Waals surface area (Å²) in [7, 11) is 1.89. The van der Waals surface area contributed by atoms with Crippen molar-refractivity contribution in [2.75, 3.05) is 13.6 Å². The molecule has 0 unspecified atom stereocenters. The molecule has 1 amide bonds. The van der Waals surface area contributed by atoms with Gasteiger partial charge < -0.3 is 4.90 Å². The zero-order valence-electron chi connectivity index (χ0n) is 13.8. The maximum atomic E-state index is 12.4. The summed E-state index contributed by atoms with van der Waals surface area (Å²) in [5.74, 6) is 0.824. The maximum Gasteiger partial charge on any atom is 0.253 e. The second kappa shape index (κ2) is 6.48. The molecule has 23 heavy (non-hydrogen) atoms. The Morgan fingerprint density at radius 1 is 1.30 bits per heavy atom. The van der Waals surface area contributed by atoms with E-state index >= 15 is 0 Å². The average molecular weight is 376 g/mol. The molecular formula is C18H22BrN3O. The van der Waals surface area contributed by atoms with Gasteiger partial charge in [0.1, 0.15) is 0 Å². The zero-order valence-corrected chi connectivity index (χ0v) is 15.4. The van der Waals surface area contributed by atoms with Crippen LogP contribution in [0.3, 0.4) is 0 Å². The number of amides is 1. The number of halogens is 1. The summed E-state index contributed by atoms with van der Waals surface area (Å²) in [4.78, 5) is 14.2. The van der Waals surface area contributed by atoms with E-state index in [-0.39, 0.29) is 5.91 Å². The van der Waals surface area contributed by atoms with Crippen molar-refractivity contribution in [2.45, 2.75) is 33.2 Å². The number of carbonyl (C=O) groups is 1. The summed E-state index contributed by atoms with van der Waals surface area (Å²) in [5, 5.41) is 4.53. The van der Waals surface area contributed by atoms with Gasteiger partial charge in [0.2, 0.25) is 0 Å². The number of aromatic nitrogens is 2. The Morgan fingerprint density at radius 3 is 2.48 bits per heavy atom. The lowest BCUT2D eigenvalue weighted by molar-refractivity contribution is 0.0788.